The minimum atomic E-state index is 0.458. The average molecular weight is 263 g/mol. The van der Waals surface area contributed by atoms with Crippen molar-refractivity contribution >= 4 is 0 Å². The van der Waals surface area contributed by atoms with E-state index in [9.17, 15) is 0 Å². The molecule has 1 rings (SSSR count). The van der Waals surface area contributed by atoms with Gasteiger partial charge in [0.15, 0.2) is 0 Å². The van der Waals surface area contributed by atoms with E-state index in [-0.39, 0.29) is 0 Å². The highest BCUT2D eigenvalue weighted by Gasteiger charge is 2.12. The Morgan fingerprint density at radius 3 is 2.26 bits per heavy atom. The van der Waals surface area contributed by atoms with Crippen LogP contribution in [0.4, 0.5) is 0 Å². The van der Waals surface area contributed by atoms with Gasteiger partial charge >= 0.3 is 0 Å². The molecule has 0 aliphatic carbocycles. The first-order valence-corrected chi connectivity index (χ1v) is 7.63. The highest BCUT2D eigenvalue weighted by Crippen LogP contribution is 2.23. The molecule has 2 heteroatoms. The smallest absolute Gasteiger partial charge is 0.119 e. The lowest BCUT2D eigenvalue weighted by atomic mass is 9.97. The van der Waals surface area contributed by atoms with Gasteiger partial charge in [-0.2, -0.15) is 0 Å². The van der Waals surface area contributed by atoms with Crippen molar-refractivity contribution in [3.8, 4) is 5.75 Å². The second-order valence-corrected chi connectivity index (χ2v) is 5.55. The molecule has 0 saturated heterocycles. The van der Waals surface area contributed by atoms with Crippen molar-refractivity contribution in [2.45, 2.75) is 53.0 Å². The Balaban J connectivity index is 2.66. The third-order valence-electron chi connectivity index (χ3n) is 3.10. The summed E-state index contributed by atoms with van der Waals surface area (Å²) in [6.45, 7) is 10.8. The molecule has 1 N–H and O–H groups in total. The Hall–Kier alpha value is -1.02. The van der Waals surface area contributed by atoms with Crippen LogP contribution in [-0.4, -0.2) is 13.2 Å². The molecule has 19 heavy (non-hydrogen) atoms. The van der Waals surface area contributed by atoms with E-state index in [1.165, 1.54) is 18.4 Å². The van der Waals surface area contributed by atoms with Crippen LogP contribution in [0.5, 0.6) is 5.75 Å². The zero-order valence-corrected chi connectivity index (χ0v) is 12.9. The summed E-state index contributed by atoms with van der Waals surface area (Å²) < 4.78 is 5.63. The molecule has 1 atom stereocenters. The first-order valence-electron chi connectivity index (χ1n) is 7.63. The molecule has 0 aliphatic heterocycles. The van der Waals surface area contributed by atoms with Crippen LogP contribution in [0, 0.1) is 5.92 Å². The molecule has 108 valence electrons. The van der Waals surface area contributed by atoms with Gasteiger partial charge in [0.2, 0.25) is 0 Å². The Labute approximate surface area is 118 Å². The van der Waals surface area contributed by atoms with Crippen LogP contribution in [-0.2, 0) is 0 Å². The molecule has 1 unspecified atom stereocenters. The molecule has 1 aromatic rings. The van der Waals surface area contributed by atoms with Crippen LogP contribution in [0.3, 0.4) is 0 Å². The maximum atomic E-state index is 5.63. The summed E-state index contributed by atoms with van der Waals surface area (Å²) in [6.07, 6.45) is 3.40. The zero-order chi connectivity index (χ0) is 14.1. The summed E-state index contributed by atoms with van der Waals surface area (Å²) in [7, 11) is 0. The minimum Gasteiger partial charge on any atom is -0.494 e. The van der Waals surface area contributed by atoms with Crippen molar-refractivity contribution in [3.63, 3.8) is 0 Å². The van der Waals surface area contributed by atoms with Crippen LogP contribution in [0.1, 0.15) is 58.6 Å². The quantitative estimate of drug-likeness (QED) is 0.705. The predicted molar refractivity (Wildman–Crippen MR) is 82.7 cm³/mol. The second-order valence-electron chi connectivity index (χ2n) is 5.55. The highest BCUT2D eigenvalue weighted by atomic mass is 16.5. The van der Waals surface area contributed by atoms with Gasteiger partial charge < -0.3 is 10.1 Å². The molecule has 0 heterocycles. The van der Waals surface area contributed by atoms with Gasteiger partial charge in [0.05, 0.1) is 6.61 Å². The maximum Gasteiger partial charge on any atom is 0.119 e. The molecule has 0 bridgehead atoms. The molecular weight excluding hydrogens is 234 g/mol. The van der Waals surface area contributed by atoms with Crippen molar-refractivity contribution in [1.29, 1.82) is 0 Å². The molecule has 0 amide bonds. The monoisotopic (exact) mass is 263 g/mol. The third kappa shape index (κ3) is 6.11. The normalized spacial score (nSPS) is 12.7. The van der Waals surface area contributed by atoms with E-state index in [0.29, 0.717) is 12.0 Å². The fourth-order valence-corrected chi connectivity index (χ4v) is 2.14. The summed E-state index contributed by atoms with van der Waals surface area (Å²) >= 11 is 0. The molecule has 0 fully saturated rings. The first kappa shape index (κ1) is 16.0. The molecule has 0 radical (unpaired) electrons. The molecular formula is C17H29NO. The van der Waals surface area contributed by atoms with E-state index < -0.39 is 0 Å². The van der Waals surface area contributed by atoms with E-state index in [1.807, 2.05) is 0 Å². The molecule has 1 aromatic carbocycles. The van der Waals surface area contributed by atoms with Gasteiger partial charge in [-0.3, -0.25) is 0 Å². The SMILES string of the molecule is CCCNC(CC(C)C)c1ccc(OCCC)cc1. The van der Waals surface area contributed by atoms with Crippen molar-refractivity contribution < 1.29 is 4.74 Å². The Morgan fingerprint density at radius 1 is 1.05 bits per heavy atom. The van der Waals surface area contributed by atoms with Crippen molar-refractivity contribution in [2.24, 2.45) is 5.92 Å². The number of nitrogens with one attached hydrogen (secondary N) is 1. The topological polar surface area (TPSA) is 21.3 Å². The molecule has 0 aliphatic rings. The molecule has 0 spiro atoms. The molecule has 0 aromatic heterocycles. The summed E-state index contributed by atoms with van der Waals surface area (Å²) in [6, 6.07) is 9.03. The van der Waals surface area contributed by atoms with Crippen molar-refractivity contribution in [3.05, 3.63) is 29.8 Å². The number of benzene rings is 1. The molecule has 0 saturated carbocycles. The third-order valence-corrected chi connectivity index (χ3v) is 3.10. The van der Waals surface area contributed by atoms with E-state index in [1.54, 1.807) is 0 Å². The van der Waals surface area contributed by atoms with Crippen molar-refractivity contribution in [1.82, 2.24) is 5.32 Å². The summed E-state index contributed by atoms with van der Waals surface area (Å²) in [4.78, 5) is 0. The van der Waals surface area contributed by atoms with Gasteiger partial charge in [0.1, 0.15) is 5.75 Å². The fraction of sp³-hybridized carbons (Fsp3) is 0.647. The van der Waals surface area contributed by atoms with Gasteiger partial charge in [-0.1, -0.05) is 39.8 Å². The maximum absolute atomic E-state index is 5.63. The van der Waals surface area contributed by atoms with Gasteiger partial charge in [-0.25, -0.2) is 0 Å². The van der Waals surface area contributed by atoms with Gasteiger partial charge in [0, 0.05) is 6.04 Å². The Morgan fingerprint density at radius 2 is 1.74 bits per heavy atom. The van der Waals surface area contributed by atoms with Crippen LogP contribution >= 0.6 is 0 Å². The lowest BCUT2D eigenvalue weighted by Gasteiger charge is -2.21. The predicted octanol–water partition coefficient (Wildman–Crippen LogP) is 4.56. The highest BCUT2D eigenvalue weighted by molar-refractivity contribution is 5.29. The largest absolute Gasteiger partial charge is 0.494 e. The minimum absolute atomic E-state index is 0.458. The van der Waals surface area contributed by atoms with E-state index in [4.69, 9.17) is 4.74 Å². The second kappa shape index (κ2) is 8.98. The van der Waals surface area contributed by atoms with Gasteiger partial charge in [-0.05, 0) is 49.4 Å². The van der Waals surface area contributed by atoms with Gasteiger partial charge in [0.25, 0.3) is 0 Å². The summed E-state index contributed by atoms with van der Waals surface area (Å²) in [5.41, 5.74) is 1.37. The van der Waals surface area contributed by atoms with Crippen LogP contribution < -0.4 is 10.1 Å². The summed E-state index contributed by atoms with van der Waals surface area (Å²) in [5, 5.41) is 3.64. The number of rotatable bonds is 9. The lowest BCUT2D eigenvalue weighted by Crippen LogP contribution is -2.23. The van der Waals surface area contributed by atoms with Crippen LogP contribution in [0.2, 0.25) is 0 Å². The number of hydrogen-bond acceptors (Lipinski definition) is 2. The van der Waals surface area contributed by atoms with Crippen molar-refractivity contribution in [2.75, 3.05) is 13.2 Å². The number of ether oxygens (including phenoxy) is 1. The molecule has 2 nitrogen and oxygen atoms in total. The Bertz CT molecular complexity index is 332. The van der Waals surface area contributed by atoms with Crippen LogP contribution in [0.15, 0.2) is 24.3 Å². The fourth-order valence-electron chi connectivity index (χ4n) is 2.14. The summed E-state index contributed by atoms with van der Waals surface area (Å²) in [5.74, 6) is 1.68. The van der Waals surface area contributed by atoms with Gasteiger partial charge in [-0.15, -0.1) is 0 Å². The van der Waals surface area contributed by atoms with Crippen LogP contribution in [0.25, 0.3) is 0 Å². The zero-order valence-electron chi connectivity index (χ0n) is 12.9. The van der Waals surface area contributed by atoms with E-state index in [2.05, 4.69) is 57.3 Å². The number of hydrogen-bond donors (Lipinski definition) is 1. The lowest BCUT2D eigenvalue weighted by molar-refractivity contribution is 0.317. The Kier molecular flexibility index (Phi) is 7.57. The van der Waals surface area contributed by atoms with E-state index in [0.717, 1.165) is 25.3 Å². The van der Waals surface area contributed by atoms with E-state index >= 15 is 0 Å². The first-order chi connectivity index (χ1) is 9.17. The standard InChI is InChI=1S/C17H29NO/c1-5-11-18-17(13-14(3)4)15-7-9-16(10-8-15)19-12-6-2/h7-10,14,17-18H,5-6,11-13H2,1-4H3. The average Bonchev–Trinajstić information content (AvgIpc) is 2.41.